The Bertz CT molecular complexity index is 142. The summed E-state index contributed by atoms with van der Waals surface area (Å²) in [6, 6.07) is 0. The maximum absolute atomic E-state index is 5.45. The van der Waals surface area contributed by atoms with Crippen molar-refractivity contribution in [2.24, 2.45) is 5.41 Å². The van der Waals surface area contributed by atoms with Crippen LogP contribution in [-0.4, -0.2) is 27.3 Å². The third-order valence-electron chi connectivity index (χ3n) is 3.37. The molecular weight excluding hydrogens is 198 g/mol. The van der Waals surface area contributed by atoms with Gasteiger partial charge in [0.2, 0.25) is 0 Å². The van der Waals surface area contributed by atoms with E-state index in [1.807, 2.05) is 7.11 Å². The van der Waals surface area contributed by atoms with E-state index in [2.05, 4.69) is 26.2 Å². The molecule has 1 N–H and O–H groups in total. The fraction of sp³-hybridized carbons (Fsp3) is 1.00. The highest BCUT2D eigenvalue weighted by Crippen LogP contribution is 2.31. The van der Waals surface area contributed by atoms with E-state index in [0.717, 1.165) is 13.2 Å². The summed E-state index contributed by atoms with van der Waals surface area (Å²) in [5.41, 5.74) is 0.370. The Morgan fingerprint density at radius 1 is 1.00 bits per heavy atom. The third-order valence-corrected chi connectivity index (χ3v) is 3.37. The lowest BCUT2D eigenvalue weighted by molar-refractivity contribution is 0.0618. The van der Waals surface area contributed by atoms with E-state index in [1.54, 1.807) is 0 Å². The molecule has 0 radical (unpaired) electrons. The summed E-state index contributed by atoms with van der Waals surface area (Å²) < 4.78 is 5.45. The zero-order chi connectivity index (χ0) is 12.3. The lowest BCUT2D eigenvalue weighted by atomic mass is 9.78. The molecule has 0 rings (SSSR count). The van der Waals surface area contributed by atoms with Crippen LogP contribution in [0.15, 0.2) is 0 Å². The monoisotopic (exact) mass is 229 g/mol. The summed E-state index contributed by atoms with van der Waals surface area (Å²) in [7, 11) is 3.88. The minimum atomic E-state index is 0.370. The Morgan fingerprint density at radius 3 is 2.12 bits per heavy atom. The minimum Gasteiger partial charge on any atom is -0.384 e. The predicted molar refractivity (Wildman–Crippen MR) is 71.9 cm³/mol. The van der Waals surface area contributed by atoms with E-state index in [0.29, 0.717) is 5.41 Å². The van der Waals surface area contributed by atoms with Gasteiger partial charge in [-0.3, -0.25) is 0 Å². The van der Waals surface area contributed by atoms with Crippen molar-refractivity contribution in [2.75, 3.05) is 27.3 Å². The summed E-state index contributed by atoms with van der Waals surface area (Å²) in [4.78, 5) is 0. The quantitative estimate of drug-likeness (QED) is 0.546. The van der Waals surface area contributed by atoms with Gasteiger partial charge in [-0.1, -0.05) is 46.0 Å². The molecule has 0 aliphatic carbocycles. The molecule has 0 heterocycles. The Balaban J connectivity index is 4.24. The molecule has 16 heavy (non-hydrogen) atoms. The molecule has 0 saturated carbocycles. The van der Waals surface area contributed by atoms with Crippen LogP contribution in [0, 0.1) is 5.41 Å². The number of hydrogen-bond acceptors (Lipinski definition) is 2. The van der Waals surface area contributed by atoms with Gasteiger partial charge in [-0.05, 0) is 19.9 Å². The number of unbranched alkanes of at least 4 members (excludes halogenated alkanes) is 3. The van der Waals surface area contributed by atoms with Crippen molar-refractivity contribution in [1.29, 1.82) is 0 Å². The van der Waals surface area contributed by atoms with Gasteiger partial charge in [0, 0.05) is 19.1 Å². The molecule has 0 aromatic rings. The van der Waals surface area contributed by atoms with Crippen LogP contribution in [0.5, 0.6) is 0 Å². The van der Waals surface area contributed by atoms with Gasteiger partial charge < -0.3 is 10.1 Å². The van der Waals surface area contributed by atoms with Crippen LogP contribution in [0.1, 0.15) is 58.8 Å². The van der Waals surface area contributed by atoms with Crippen molar-refractivity contribution in [1.82, 2.24) is 5.32 Å². The van der Waals surface area contributed by atoms with Gasteiger partial charge in [-0.15, -0.1) is 0 Å². The maximum Gasteiger partial charge on any atom is 0.0530 e. The van der Waals surface area contributed by atoms with Crippen LogP contribution in [0.3, 0.4) is 0 Å². The van der Waals surface area contributed by atoms with Crippen LogP contribution < -0.4 is 5.32 Å². The fourth-order valence-corrected chi connectivity index (χ4v) is 2.48. The van der Waals surface area contributed by atoms with Gasteiger partial charge in [0.15, 0.2) is 0 Å². The van der Waals surface area contributed by atoms with Crippen molar-refractivity contribution in [3.05, 3.63) is 0 Å². The van der Waals surface area contributed by atoms with E-state index < -0.39 is 0 Å². The highest BCUT2D eigenvalue weighted by molar-refractivity contribution is 4.81. The van der Waals surface area contributed by atoms with Crippen LogP contribution in [0.4, 0.5) is 0 Å². The SMILES string of the molecule is CCCCCC(CCCC)(CNC)COC. The van der Waals surface area contributed by atoms with E-state index in [1.165, 1.54) is 44.9 Å². The number of methoxy groups -OCH3 is 1. The molecule has 2 heteroatoms. The van der Waals surface area contributed by atoms with Gasteiger partial charge in [-0.25, -0.2) is 0 Å². The number of ether oxygens (including phenoxy) is 1. The van der Waals surface area contributed by atoms with Crippen molar-refractivity contribution in [2.45, 2.75) is 58.8 Å². The van der Waals surface area contributed by atoms with Crippen molar-refractivity contribution >= 4 is 0 Å². The molecule has 0 amide bonds. The molecule has 0 aliphatic heterocycles. The smallest absolute Gasteiger partial charge is 0.0530 e. The second-order valence-corrected chi connectivity index (χ2v) is 5.02. The lowest BCUT2D eigenvalue weighted by Gasteiger charge is -2.33. The summed E-state index contributed by atoms with van der Waals surface area (Å²) >= 11 is 0. The summed E-state index contributed by atoms with van der Waals surface area (Å²) in [5.74, 6) is 0. The Morgan fingerprint density at radius 2 is 1.62 bits per heavy atom. The normalized spacial score (nSPS) is 15.0. The molecule has 0 aliphatic rings. The first kappa shape index (κ1) is 15.9. The van der Waals surface area contributed by atoms with Crippen LogP contribution in [0.25, 0.3) is 0 Å². The van der Waals surface area contributed by atoms with Crippen LogP contribution in [0.2, 0.25) is 0 Å². The van der Waals surface area contributed by atoms with Crippen LogP contribution >= 0.6 is 0 Å². The topological polar surface area (TPSA) is 21.3 Å². The minimum absolute atomic E-state index is 0.370. The number of nitrogens with one attached hydrogen (secondary N) is 1. The first-order chi connectivity index (χ1) is 7.74. The predicted octanol–water partition coefficient (Wildman–Crippen LogP) is 3.61. The molecule has 0 aromatic carbocycles. The lowest BCUT2D eigenvalue weighted by Crippen LogP contribution is -2.36. The second kappa shape index (κ2) is 10.1. The molecule has 0 fully saturated rings. The zero-order valence-corrected chi connectivity index (χ0v) is 11.8. The van der Waals surface area contributed by atoms with Gasteiger partial charge in [0.1, 0.15) is 0 Å². The second-order valence-electron chi connectivity index (χ2n) is 5.02. The van der Waals surface area contributed by atoms with E-state index >= 15 is 0 Å². The van der Waals surface area contributed by atoms with Gasteiger partial charge in [-0.2, -0.15) is 0 Å². The molecule has 0 aromatic heterocycles. The van der Waals surface area contributed by atoms with E-state index in [-0.39, 0.29) is 0 Å². The Hall–Kier alpha value is -0.0800. The molecule has 2 nitrogen and oxygen atoms in total. The van der Waals surface area contributed by atoms with Crippen LogP contribution in [-0.2, 0) is 4.74 Å². The number of rotatable bonds is 11. The van der Waals surface area contributed by atoms with Gasteiger partial charge in [0.25, 0.3) is 0 Å². The summed E-state index contributed by atoms with van der Waals surface area (Å²) in [5, 5.41) is 3.35. The molecular formula is C14H31NO. The van der Waals surface area contributed by atoms with Crippen molar-refractivity contribution < 1.29 is 4.74 Å². The van der Waals surface area contributed by atoms with Crippen molar-refractivity contribution in [3.8, 4) is 0 Å². The maximum atomic E-state index is 5.45. The molecule has 98 valence electrons. The van der Waals surface area contributed by atoms with E-state index in [9.17, 15) is 0 Å². The average Bonchev–Trinajstić information content (AvgIpc) is 2.27. The van der Waals surface area contributed by atoms with Gasteiger partial charge in [0.05, 0.1) is 6.61 Å². The fourth-order valence-electron chi connectivity index (χ4n) is 2.48. The molecule has 1 atom stereocenters. The van der Waals surface area contributed by atoms with Crippen molar-refractivity contribution in [3.63, 3.8) is 0 Å². The highest BCUT2D eigenvalue weighted by atomic mass is 16.5. The molecule has 0 saturated heterocycles. The zero-order valence-electron chi connectivity index (χ0n) is 11.8. The average molecular weight is 229 g/mol. The largest absolute Gasteiger partial charge is 0.384 e. The standard InChI is InChI=1S/C14H31NO/c1-5-7-9-11-14(12-15-3,13-16-4)10-8-6-2/h15H,5-13H2,1-4H3. The first-order valence-corrected chi connectivity index (χ1v) is 6.88. The van der Waals surface area contributed by atoms with E-state index in [4.69, 9.17) is 4.74 Å². The molecule has 0 spiro atoms. The van der Waals surface area contributed by atoms with Gasteiger partial charge >= 0.3 is 0 Å². The highest BCUT2D eigenvalue weighted by Gasteiger charge is 2.28. The first-order valence-electron chi connectivity index (χ1n) is 6.88. The third kappa shape index (κ3) is 6.49. The summed E-state index contributed by atoms with van der Waals surface area (Å²) in [6.07, 6.45) is 9.18. The summed E-state index contributed by atoms with van der Waals surface area (Å²) in [6.45, 7) is 6.52. The Labute approximate surface area is 102 Å². The molecule has 1 unspecified atom stereocenters. The molecule has 0 bridgehead atoms. The Kier molecular flexibility index (Phi) is 10.0. The number of hydrogen-bond donors (Lipinski definition) is 1.